The van der Waals surface area contributed by atoms with Crippen LogP contribution in [0.15, 0.2) is 78.2 Å². The lowest BCUT2D eigenvalue weighted by Crippen LogP contribution is -2.11. The molecule has 1 N–H and O–H groups in total. The topological polar surface area (TPSA) is 64.6 Å². The summed E-state index contributed by atoms with van der Waals surface area (Å²) in [6, 6.07) is 22.2. The molecule has 0 unspecified atom stereocenters. The van der Waals surface area contributed by atoms with Gasteiger partial charge < -0.3 is 14.8 Å². The second-order valence-corrected chi connectivity index (χ2v) is 10.6. The maximum Gasteiger partial charge on any atom is 0.341 e. The average Bonchev–Trinajstić information content (AvgIpc) is 3.39. The van der Waals surface area contributed by atoms with E-state index < -0.39 is 5.97 Å². The first kappa shape index (κ1) is 26.4. The Morgan fingerprint density at radius 2 is 1.69 bits per heavy atom. The van der Waals surface area contributed by atoms with Crippen LogP contribution in [0.5, 0.6) is 5.75 Å². The lowest BCUT2D eigenvalue weighted by molar-refractivity contribution is -0.111. The highest BCUT2D eigenvalue weighted by Gasteiger charge is 2.23. The van der Waals surface area contributed by atoms with E-state index in [2.05, 4.69) is 54.7 Å². The number of hydrogen-bond donors (Lipinski definition) is 1. The van der Waals surface area contributed by atoms with E-state index in [0.717, 1.165) is 40.8 Å². The van der Waals surface area contributed by atoms with Crippen LogP contribution in [-0.2, 0) is 29.0 Å². The summed E-state index contributed by atoms with van der Waals surface area (Å²) < 4.78 is 10.9. The highest BCUT2D eigenvalue weighted by atomic mass is 32.1. The highest BCUT2D eigenvalue weighted by Crippen LogP contribution is 2.37. The van der Waals surface area contributed by atoms with Gasteiger partial charge in [-0.3, -0.25) is 4.79 Å². The van der Waals surface area contributed by atoms with Crippen LogP contribution < -0.4 is 10.1 Å². The molecule has 5 rings (SSSR count). The number of amides is 1. The van der Waals surface area contributed by atoms with Crippen molar-refractivity contribution in [3.8, 4) is 16.9 Å². The zero-order valence-electron chi connectivity index (χ0n) is 22.2. The molecule has 3 aromatic carbocycles. The Labute approximate surface area is 233 Å². The lowest BCUT2D eigenvalue weighted by Gasteiger charge is -2.16. The van der Waals surface area contributed by atoms with E-state index in [9.17, 15) is 9.59 Å². The maximum absolute atomic E-state index is 12.8. The Morgan fingerprint density at radius 1 is 0.949 bits per heavy atom. The molecule has 0 atom stereocenters. The molecular formula is C33H31NO4S. The fourth-order valence-electron chi connectivity index (χ4n) is 4.72. The van der Waals surface area contributed by atoms with E-state index in [0.29, 0.717) is 17.2 Å². The monoisotopic (exact) mass is 537 g/mol. The Balaban J connectivity index is 1.25. The van der Waals surface area contributed by atoms with Crippen LogP contribution in [0.25, 0.3) is 17.2 Å². The van der Waals surface area contributed by atoms with Crippen molar-refractivity contribution in [2.24, 2.45) is 0 Å². The van der Waals surface area contributed by atoms with Gasteiger partial charge >= 0.3 is 5.97 Å². The number of nitrogens with one attached hydrogen (secondary N) is 1. The van der Waals surface area contributed by atoms with Crippen molar-refractivity contribution >= 4 is 34.3 Å². The van der Waals surface area contributed by atoms with Crippen molar-refractivity contribution in [3.63, 3.8) is 0 Å². The van der Waals surface area contributed by atoms with Crippen LogP contribution in [0.1, 0.15) is 51.0 Å². The maximum atomic E-state index is 12.8. The molecule has 1 aliphatic rings. The molecule has 0 radical (unpaired) electrons. The fraction of sp³-hybridized carbons (Fsp3) is 0.212. The van der Waals surface area contributed by atoms with Gasteiger partial charge in [0.25, 0.3) is 0 Å². The number of carbonyl (C=O) groups excluding carboxylic acids is 2. The molecule has 0 bridgehead atoms. The largest absolute Gasteiger partial charge is 0.489 e. The zero-order valence-corrected chi connectivity index (χ0v) is 23.0. The van der Waals surface area contributed by atoms with Crippen LogP contribution >= 0.6 is 11.3 Å². The molecule has 1 aromatic heterocycles. The predicted molar refractivity (Wildman–Crippen MR) is 157 cm³/mol. The van der Waals surface area contributed by atoms with Crippen molar-refractivity contribution in [1.82, 2.24) is 0 Å². The third-order valence-corrected chi connectivity index (χ3v) is 7.81. The van der Waals surface area contributed by atoms with Gasteiger partial charge in [-0.1, -0.05) is 60.2 Å². The van der Waals surface area contributed by atoms with Gasteiger partial charge in [0.05, 0.1) is 7.11 Å². The molecule has 0 aliphatic heterocycles. The number of methoxy groups -OCH3 is 1. The molecule has 0 saturated carbocycles. The summed E-state index contributed by atoms with van der Waals surface area (Å²) in [5.74, 6) is -0.0312. The number of ether oxygens (including phenoxy) is 2. The second-order valence-electron chi connectivity index (χ2n) is 9.70. The van der Waals surface area contributed by atoms with Gasteiger partial charge in [0, 0.05) is 17.0 Å². The van der Waals surface area contributed by atoms with Crippen LogP contribution in [-0.4, -0.2) is 19.0 Å². The molecule has 5 nitrogen and oxygen atoms in total. The molecular weight excluding hydrogens is 506 g/mol. The van der Waals surface area contributed by atoms with E-state index in [1.165, 1.54) is 54.1 Å². The minimum Gasteiger partial charge on any atom is -0.489 e. The van der Waals surface area contributed by atoms with Crippen molar-refractivity contribution in [1.29, 1.82) is 0 Å². The van der Waals surface area contributed by atoms with Gasteiger partial charge in [0.2, 0.25) is 5.91 Å². The third-order valence-electron chi connectivity index (χ3n) is 6.91. The van der Waals surface area contributed by atoms with Crippen LogP contribution in [0.4, 0.5) is 5.00 Å². The second kappa shape index (κ2) is 12.1. The zero-order chi connectivity index (χ0) is 27.2. The van der Waals surface area contributed by atoms with E-state index in [-0.39, 0.29) is 5.91 Å². The summed E-state index contributed by atoms with van der Waals surface area (Å²) in [4.78, 5) is 25.5. The van der Waals surface area contributed by atoms with Crippen LogP contribution in [0.2, 0.25) is 0 Å². The summed E-state index contributed by atoms with van der Waals surface area (Å²) in [6.45, 7) is 2.55. The number of thiophene rings is 1. The predicted octanol–water partition coefficient (Wildman–Crippen LogP) is 7.62. The number of fused-ring (bicyclic) bond motifs is 1. The number of anilines is 1. The number of aryl methyl sites for hydroxylation is 3. The van der Waals surface area contributed by atoms with Gasteiger partial charge in [0.15, 0.2) is 0 Å². The molecule has 0 spiro atoms. The summed E-state index contributed by atoms with van der Waals surface area (Å²) in [7, 11) is 1.36. The van der Waals surface area contributed by atoms with Crippen LogP contribution in [0, 0.1) is 6.92 Å². The van der Waals surface area contributed by atoms with Gasteiger partial charge in [-0.15, -0.1) is 11.3 Å². The van der Waals surface area contributed by atoms with E-state index in [1.54, 1.807) is 6.08 Å². The van der Waals surface area contributed by atoms with Crippen molar-refractivity contribution < 1.29 is 19.1 Å². The molecule has 4 aromatic rings. The number of benzene rings is 3. The Bertz CT molecular complexity index is 1500. The van der Waals surface area contributed by atoms with E-state index >= 15 is 0 Å². The summed E-state index contributed by atoms with van der Waals surface area (Å²) in [6.07, 6.45) is 7.74. The van der Waals surface area contributed by atoms with Gasteiger partial charge in [-0.25, -0.2) is 4.79 Å². The van der Waals surface area contributed by atoms with Gasteiger partial charge in [-0.05, 0) is 78.6 Å². The number of carbonyl (C=O) groups is 2. The molecule has 6 heteroatoms. The minimum atomic E-state index is -0.468. The highest BCUT2D eigenvalue weighted by molar-refractivity contribution is 7.15. The molecule has 39 heavy (non-hydrogen) atoms. The lowest BCUT2D eigenvalue weighted by atomic mass is 9.89. The average molecular weight is 538 g/mol. The molecule has 0 fully saturated rings. The molecule has 0 saturated heterocycles. The molecule has 198 valence electrons. The summed E-state index contributed by atoms with van der Waals surface area (Å²) >= 11 is 1.33. The quantitative estimate of drug-likeness (QED) is 0.185. The summed E-state index contributed by atoms with van der Waals surface area (Å²) in [5.41, 5.74) is 8.03. The normalized spacial score (nSPS) is 12.7. The van der Waals surface area contributed by atoms with Gasteiger partial charge in [-0.2, -0.15) is 0 Å². The first-order valence-corrected chi connectivity index (χ1v) is 14.0. The molecule has 1 amide bonds. The van der Waals surface area contributed by atoms with E-state index in [4.69, 9.17) is 9.47 Å². The Morgan fingerprint density at radius 3 is 2.44 bits per heavy atom. The van der Waals surface area contributed by atoms with Crippen molar-refractivity contribution in [2.75, 3.05) is 12.4 Å². The summed E-state index contributed by atoms with van der Waals surface area (Å²) in [5, 5.41) is 5.25. The number of esters is 1. The first-order valence-electron chi connectivity index (χ1n) is 13.1. The Kier molecular flexibility index (Phi) is 8.23. The van der Waals surface area contributed by atoms with Crippen molar-refractivity contribution in [2.45, 2.75) is 39.2 Å². The smallest absolute Gasteiger partial charge is 0.341 e. The van der Waals surface area contributed by atoms with Crippen LogP contribution in [0.3, 0.4) is 0 Å². The Hall–Kier alpha value is -4.16. The van der Waals surface area contributed by atoms with Crippen molar-refractivity contribution in [3.05, 3.63) is 112 Å². The number of hydrogen-bond acceptors (Lipinski definition) is 5. The SMILES string of the molecule is COC(=O)c1c(-c2ccc3c(c2)CCCC3)csc1NC(=O)/C=C/c1ccc(OCc2ccc(C)cc2)cc1. The standard InChI is InChI=1S/C33H31NO4S/c1-22-7-9-24(10-8-22)20-38-28-16-11-23(12-17-28)13-18-30(35)34-32-31(33(36)37-2)29(21-39-32)27-15-14-25-5-3-4-6-26(25)19-27/h7-19,21H,3-6,20H2,1-2H3,(H,34,35)/b18-13+. The van der Waals surface area contributed by atoms with Gasteiger partial charge in [0.1, 0.15) is 22.9 Å². The molecule has 1 aliphatic carbocycles. The number of rotatable bonds is 8. The van der Waals surface area contributed by atoms with E-state index in [1.807, 2.05) is 29.6 Å². The minimum absolute atomic E-state index is 0.321. The fourth-order valence-corrected chi connectivity index (χ4v) is 5.68. The third kappa shape index (κ3) is 6.47. The molecule has 1 heterocycles. The first-order chi connectivity index (χ1) is 19.0.